The fourth-order valence-corrected chi connectivity index (χ4v) is 0.849. The normalized spacial score (nSPS) is 14.6. The van der Waals surface area contributed by atoms with E-state index < -0.39 is 12.1 Å². The first kappa shape index (κ1) is 12.9. The summed E-state index contributed by atoms with van der Waals surface area (Å²) >= 11 is 0. The summed E-state index contributed by atoms with van der Waals surface area (Å²) in [5.74, 6) is -0.558. The highest BCUT2D eigenvalue weighted by Gasteiger charge is 2.11. The van der Waals surface area contributed by atoms with E-state index in [-0.39, 0.29) is 25.2 Å². The summed E-state index contributed by atoms with van der Waals surface area (Å²) in [5.41, 5.74) is 6.13. The number of carbonyl (C=O) groups is 1. The van der Waals surface area contributed by atoms with Crippen LogP contribution in [0.1, 0.15) is 20.3 Å². The lowest BCUT2D eigenvalue weighted by Gasteiger charge is -2.08. The SMILES string of the molecule is CC(C(=O)OCCO)=C(N)CC(C)O. The van der Waals surface area contributed by atoms with Gasteiger partial charge in [0.1, 0.15) is 6.61 Å². The zero-order chi connectivity index (χ0) is 11.1. The number of hydrogen-bond donors (Lipinski definition) is 3. The van der Waals surface area contributed by atoms with E-state index in [4.69, 9.17) is 15.9 Å². The maximum atomic E-state index is 11.2. The topological polar surface area (TPSA) is 92.8 Å². The van der Waals surface area contributed by atoms with Gasteiger partial charge in [0.2, 0.25) is 0 Å². The lowest BCUT2D eigenvalue weighted by Crippen LogP contribution is -2.16. The van der Waals surface area contributed by atoms with Crippen molar-refractivity contribution in [3.63, 3.8) is 0 Å². The van der Waals surface area contributed by atoms with Crippen molar-refractivity contribution in [1.82, 2.24) is 0 Å². The summed E-state index contributed by atoms with van der Waals surface area (Å²) in [6, 6.07) is 0. The molecular formula is C9H17NO4. The van der Waals surface area contributed by atoms with Gasteiger partial charge >= 0.3 is 5.97 Å². The Morgan fingerprint density at radius 3 is 2.57 bits per heavy atom. The minimum atomic E-state index is -0.587. The molecule has 0 saturated heterocycles. The van der Waals surface area contributed by atoms with Crippen molar-refractivity contribution in [2.24, 2.45) is 5.73 Å². The number of nitrogens with two attached hydrogens (primary N) is 1. The maximum Gasteiger partial charge on any atom is 0.335 e. The van der Waals surface area contributed by atoms with Gasteiger partial charge in [0.25, 0.3) is 0 Å². The second kappa shape index (κ2) is 6.39. The van der Waals surface area contributed by atoms with Crippen molar-refractivity contribution in [3.8, 4) is 0 Å². The van der Waals surface area contributed by atoms with Crippen LogP contribution in [0.2, 0.25) is 0 Å². The summed E-state index contributed by atoms with van der Waals surface area (Å²) in [6.45, 7) is 2.85. The minimum Gasteiger partial charge on any atom is -0.460 e. The molecule has 0 fully saturated rings. The molecule has 0 aromatic carbocycles. The van der Waals surface area contributed by atoms with Crippen LogP contribution < -0.4 is 5.73 Å². The number of hydrogen-bond acceptors (Lipinski definition) is 5. The van der Waals surface area contributed by atoms with Crippen molar-refractivity contribution >= 4 is 5.97 Å². The van der Waals surface area contributed by atoms with Crippen LogP contribution in [0.5, 0.6) is 0 Å². The molecule has 4 N–H and O–H groups in total. The van der Waals surface area contributed by atoms with Gasteiger partial charge in [-0.05, 0) is 13.8 Å². The summed E-state index contributed by atoms with van der Waals surface area (Å²) in [6.07, 6.45) is -0.351. The average Bonchev–Trinajstić information content (AvgIpc) is 2.11. The molecule has 0 aliphatic heterocycles. The Balaban J connectivity index is 4.25. The maximum absolute atomic E-state index is 11.2. The van der Waals surface area contributed by atoms with Gasteiger partial charge in [-0.2, -0.15) is 0 Å². The molecule has 0 aliphatic rings. The predicted octanol–water partition coefficient (Wildman–Crippen LogP) is -0.475. The molecule has 0 aromatic rings. The Labute approximate surface area is 83.2 Å². The highest BCUT2D eigenvalue weighted by Crippen LogP contribution is 2.07. The average molecular weight is 203 g/mol. The third-order valence-electron chi connectivity index (χ3n) is 1.63. The van der Waals surface area contributed by atoms with Gasteiger partial charge in [0.05, 0.1) is 18.3 Å². The number of carbonyl (C=O) groups excluding carboxylic acids is 1. The van der Waals surface area contributed by atoms with Crippen molar-refractivity contribution in [3.05, 3.63) is 11.3 Å². The van der Waals surface area contributed by atoms with E-state index in [1.54, 1.807) is 6.92 Å². The fourth-order valence-electron chi connectivity index (χ4n) is 0.849. The molecule has 82 valence electrons. The minimum absolute atomic E-state index is 0.0435. The Kier molecular flexibility index (Phi) is 5.91. The van der Waals surface area contributed by atoms with Crippen LogP contribution in [0.3, 0.4) is 0 Å². The Morgan fingerprint density at radius 2 is 2.14 bits per heavy atom. The fraction of sp³-hybridized carbons (Fsp3) is 0.667. The lowest BCUT2D eigenvalue weighted by atomic mass is 10.1. The molecule has 14 heavy (non-hydrogen) atoms. The molecule has 0 aromatic heterocycles. The van der Waals surface area contributed by atoms with Crippen LogP contribution in [-0.4, -0.2) is 35.5 Å². The molecule has 0 rings (SSSR count). The van der Waals surface area contributed by atoms with Crippen LogP contribution in [0.4, 0.5) is 0 Å². The molecule has 0 spiro atoms. The summed E-state index contributed by atoms with van der Waals surface area (Å²) in [4.78, 5) is 11.2. The highest BCUT2D eigenvalue weighted by atomic mass is 16.5. The van der Waals surface area contributed by atoms with Gasteiger partial charge < -0.3 is 20.7 Å². The number of esters is 1. The van der Waals surface area contributed by atoms with E-state index in [1.165, 1.54) is 6.92 Å². The van der Waals surface area contributed by atoms with Crippen LogP contribution in [-0.2, 0) is 9.53 Å². The van der Waals surface area contributed by atoms with Gasteiger partial charge in [-0.3, -0.25) is 0 Å². The summed E-state index contributed by atoms with van der Waals surface area (Å²) in [7, 11) is 0. The van der Waals surface area contributed by atoms with E-state index in [0.717, 1.165) is 0 Å². The molecule has 5 heteroatoms. The lowest BCUT2D eigenvalue weighted by molar-refractivity contribution is -0.140. The second-order valence-electron chi connectivity index (χ2n) is 3.06. The number of rotatable bonds is 5. The first-order valence-corrected chi connectivity index (χ1v) is 4.40. The zero-order valence-corrected chi connectivity index (χ0v) is 8.49. The molecule has 1 atom stereocenters. The molecule has 0 aliphatic carbocycles. The first-order chi connectivity index (χ1) is 6.49. The summed E-state index contributed by atoms with van der Waals surface area (Å²) < 4.78 is 4.65. The molecule has 0 radical (unpaired) electrons. The van der Waals surface area contributed by atoms with Crippen LogP contribution in [0, 0.1) is 0 Å². The molecule has 0 amide bonds. The predicted molar refractivity (Wildman–Crippen MR) is 51.2 cm³/mol. The van der Waals surface area contributed by atoms with Crippen molar-refractivity contribution in [2.75, 3.05) is 13.2 Å². The Morgan fingerprint density at radius 1 is 1.57 bits per heavy atom. The second-order valence-corrected chi connectivity index (χ2v) is 3.06. The molecule has 0 saturated carbocycles. The molecule has 0 heterocycles. The Hall–Kier alpha value is -1.07. The summed E-state index contributed by atoms with van der Waals surface area (Å²) in [5, 5.41) is 17.4. The van der Waals surface area contributed by atoms with E-state index in [1.807, 2.05) is 0 Å². The largest absolute Gasteiger partial charge is 0.460 e. The quantitative estimate of drug-likeness (QED) is 0.415. The molecule has 0 bridgehead atoms. The third kappa shape index (κ3) is 4.84. The van der Waals surface area contributed by atoms with Gasteiger partial charge in [0.15, 0.2) is 0 Å². The smallest absolute Gasteiger partial charge is 0.335 e. The zero-order valence-electron chi connectivity index (χ0n) is 8.49. The van der Waals surface area contributed by atoms with Crippen molar-refractivity contribution < 1.29 is 19.7 Å². The van der Waals surface area contributed by atoms with E-state index in [2.05, 4.69) is 4.74 Å². The van der Waals surface area contributed by atoms with Gasteiger partial charge in [0, 0.05) is 12.1 Å². The number of aliphatic hydroxyl groups excluding tert-OH is 2. The molecular weight excluding hydrogens is 186 g/mol. The van der Waals surface area contributed by atoms with Crippen molar-refractivity contribution in [1.29, 1.82) is 0 Å². The van der Waals surface area contributed by atoms with Crippen molar-refractivity contribution in [2.45, 2.75) is 26.4 Å². The number of aliphatic hydroxyl groups is 2. The Bertz CT molecular complexity index is 223. The highest BCUT2D eigenvalue weighted by molar-refractivity contribution is 5.88. The molecule has 1 unspecified atom stereocenters. The van der Waals surface area contributed by atoms with E-state index >= 15 is 0 Å². The standard InChI is InChI=1S/C9H17NO4/c1-6(12)5-8(10)7(2)9(13)14-4-3-11/h6,11-12H,3-5,10H2,1-2H3. The van der Waals surface area contributed by atoms with E-state index in [9.17, 15) is 4.79 Å². The first-order valence-electron chi connectivity index (χ1n) is 4.40. The van der Waals surface area contributed by atoms with Gasteiger partial charge in [-0.25, -0.2) is 4.79 Å². The van der Waals surface area contributed by atoms with E-state index in [0.29, 0.717) is 5.70 Å². The molecule has 5 nitrogen and oxygen atoms in total. The monoisotopic (exact) mass is 203 g/mol. The van der Waals surface area contributed by atoms with Crippen LogP contribution >= 0.6 is 0 Å². The van der Waals surface area contributed by atoms with Gasteiger partial charge in [-0.15, -0.1) is 0 Å². The number of ether oxygens (including phenoxy) is 1. The van der Waals surface area contributed by atoms with Crippen LogP contribution in [0.15, 0.2) is 11.3 Å². The third-order valence-corrected chi connectivity index (χ3v) is 1.63. The van der Waals surface area contributed by atoms with Gasteiger partial charge in [-0.1, -0.05) is 0 Å². The van der Waals surface area contributed by atoms with Crippen LogP contribution in [0.25, 0.3) is 0 Å².